The Morgan fingerprint density at radius 1 is 1.17 bits per heavy atom. The number of pyridine rings is 1. The minimum atomic E-state index is -0.461. The molecule has 2 aromatic rings. The van der Waals surface area contributed by atoms with Crippen molar-refractivity contribution >= 4 is 34.4 Å². The molecule has 0 aliphatic heterocycles. The number of benzene rings is 1. The molecule has 0 spiro atoms. The second-order valence-electron chi connectivity index (χ2n) is 5.71. The molecule has 1 aromatic heterocycles. The highest BCUT2D eigenvalue weighted by atomic mass is 32.2. The van der Waals surface area contributed by atoms with Crippen LogP contribution >= 0.6 is 11.8 Å². The number of esters is 1. The van der Waals surface area contributed by atoms with Crippen LogP contribution in [0.15, 0.2) is 23.2 Å². The van der Waals surface area contributed by atoms with E-state index in [4.69, 9.17) is 9.72 Å². The van der Waals surface area contributed by atoms with E-state index in [0.717, 1.165) is 33.5 Å². The highest BCUT2D eigenvalue weighted by molar-refractivity contribution is 8.00. The zero-order valence-electron chi connectivity index (χ0n) is 14.6. The molecule has 4 nitrogen and oxygen atoms in total. The van der Waals surface area contributed by atoms with Gasteiger partial charge in [-0.15, -0.1) is 0 Å². The van der Waals surface area contributed by atoms with Gasteiger partial charge in [0.2, 0.25) is 0 Å². The number of ketones is 1. The maximum absolute atomic E-state index is 11.9. The topological polar surface area (TPSA) is 56.3 Å². The molecule has 1 heterocycles. The van der Waals surface area contributed by atoms with Crippen molar-refractivity contribution in [3.8, 4) is 0 Å². The molecule has 0 fully saturated rings. The first-order valence-electron chi connectivity index (χ1n) is 8.16. The van der Waals surface area contributed by atoms with Crippen molar-refractivity contribution in [1.29, 1.82) is 0 Å². The van der Waals surface area contributed by atoms with Crippen molar-refractivity contribution in [2.24, 2.45) is 0 Å². The van der Waals surface area contributed by atoms with Crippen LogP contribution in [0.5, 0.6) is 0 Å². The van der Waals surface area contributed by atoms with Gasteiger partial charge in [0.05, 0.1) is 17.9 Å². The van der Waals surface area contributed by atoms with Crippen LogP contribution in [0.4, 0.5) is 0 Å². The van der Waals surface area contributed by atoms with Gasteiger partial charge in [0.15, 0.2) is 5.78 Å². The molecule has 0 radical (unpaired) electrons. The van der Waals surface area contributed by atoms with E-state index < -0.39 is 5.97 Å². The molecule has 0 bridgehead atoms. The van der Waals surface area contributed by atoms with Crippen LogP contribution in [-0.4, -0.2) is 29.1 Å². The fourth-order valence-corrected chi connectivity index (χ4v) is 3.45. The molecule has 0 saturated heterocycles. The molecular weight excluding hydrogens is 322 g/mol. The monoisotopic (exact) mass is 345 g/mol. The van der Waals surface area contributed by atoms with Crippen LogP contribution in [0.2, 0.25) is 0 Å². The summed E-state index contributed by atoms with van der Waals surface area (Å²) < 4.78 is 4.81. The molecule has 5 heteroatoms. The molecule has 0 N–H and O–H groups in total. The Morgan fingerprint density at radius 2 is 1.88 bits per heavy atom. The van der Waals surface area contributed by atoms with Gasteiger partial charge in [-0.1, -0.05) is 30.8 Å². The second-order valence-corrected chi connectivity index (χ2v) is 6.67. The lowest BCUT2D eigenvalue weighted by molar-refractivity contribution is -0.145. The SMILES string of the molecule is CCOC(=O)CC(=O)CSc1nc2c(C)ccc(C)c2cc1CC. The molecule has 24 heavy (non-hydrogen) atoms. The number of hydrogen-bond acceptors (Lipinski definition) is 5. The van der Waals surface area contributed by atoms with E-state index in [0.29, 0.717) is 6.61 Å². The lowest BCUT2D eigenvalue weighted by Gasteiger charge is -2.11. The highest BCUT2D eigenvalue weighted by Crippen LogP contribution is 2.29. The second kappa shape index (κ2) is 8.29. The van der Waals surface area contributed by atoms with E-state index in [1.54, 1.807) is 6.92 Å². The highest BCUT2D eigenvalue weighted by Gasteiger charge is 2.14. The summed E-state index contributed by atoms with van der Waals surface area (Å²) in [5.74, 6) is -0.366. The van der Waals surface area contributed by atoms with E-state index in [9.17, 15) is 9.59 Å². The quantitative estimate of drug-likeness (QED) is 0.431. The van der Waals surface area contributed by atoms with Gasteiger partial charge in [0.25, 0.3) is 0 Å². The van der Waals surface area contributed by atoms with Crippen LogP contribution in [0.25, 0.3) is 10.9 Å². The van der Waals surface area contributed by atoms with Crippen molar-refractivity contribution < 1.29 is 14.3 Å². The fourth-order valence-electron chi connectivity index (χ4n) is 2.51. The molecule has 1 aromatic carbocycles. The molecule has 2 rings (SSSR count). The number of ether oxygens (including phenoxy) is 1. The van der Waals surface area contributed by atoms with E-state index in [1.165, 1.54) is 17.3 Å². The van der Waals surface area contributed by atoms with Crippen LogP contribution in [0.1, 0.15) is 37.0 Å². The third-order valence-corrected chi connectivity index (χ3v) is 4.93. The minimum absolute atomic E-state index is 0.136. The Morgan fingerprint density at radius 3 is 2.54 bits per heavy atom. The number of carbonyl (C=O) groups is 2. The summed E-state index contributed by atoms with van der Waals surface area (Å²) in [4.78, 5) is 28.1. The average molecular weight is 345 g/mol. The zero-order chi connectivity index (χ0) is 17.7. The number of aromatic nitrogens is 1. The molecular formula is C19H23NO3S. The molecule has 0 saturated carbocycles. The largest absolute Gasteiger partial charge is 0.466 e. The van der Waals surface area contributed by atoms with Crippen LogP contribution in [-0.2, 0) is 20.7 Å². The summed E-state index contributed by atoms with van der Waals surface area (Å²) in [5.41, 5.74) is 4.43. The summed E-state index contributed by atoms with van der Waals surface area (Å²) in [5, 5.41) is 2.03. The van der Waals surface area contributed by atoms with E-state index >= 15 is 0 Å². The minimum Gasteiger partial charge on any atom is -0.466 e. The Hall–Kier alpha value is -1.88. The van der Waals surface area contributed by atoms with Crippen LogP contribution in [0, 0.1) is 13.8 Å². The molecule has 0 aliphatic rings. The van der Waals surface area contributed by atoms with Crippen molar-refractivity contribution in [3.05, 3.63) is 34.9 Å². The van der Waals surface area contributed by atoms with Crippen LogP contribution < -0.4 is 0 Å². The first-order valence-corrected chi connectivity index (χ1v) is 9.14. The normalized spacial score (nSPS) is 10.8. The first-order chi connectivity index (χ1) is 11.5. The number of carbonyl (C=O) groups excluding carboxylic acids is 2. The number of thioether (sulfide) groups is 1. The van der Waals surface area contributed by atoms with Gasteiger partial charge in [0.1, 0.15) is 11.4 Å². The van der Waals surface area contributed by atoms with E-state index in [2.05, 4.69) is 32.0 Å². The number of nitrogens with zero attached hydrogens (tertiary/aromatic N) is 1. The Labute approximate surface area is 147 Å². The number of rotatable bonds is 7. The predicted molar refractivity (Wildman–Crippen MR) is 97.6 cm³/mol. The zero-order valence-corrected chi connectivity index (χ0v) is 15.5. The summed E-state index contributed by atoms with van der Waals surface area (Å²) in [7, 11) is 0. The molecule has 0 unspecified atom stereocenters. The average Bonchev–Trinajstić information content (AvgIpc) is 2.56. The van der Waals surface area contributed by atoms with Crippen molar-refractivity contribution in [2.45, 2.75) is 45.6 Å². The fraction of sp³-hybridized carbons (Fsp3) is 0.421. The Kier molecular flexibility index (Phi) is 6.37. The molecule has 0 aliphatic carbocycles. The van der Waals surface area contributed by atoms with Gasteiger partial charge in [-0.25, -0.2) is 4.98 Å². The smallest absolute Gasteiger partial charge is 0.313 e. The lowest BCUT2D eigenvalue weighted by Crippen LogP contribution is -2.13. The van der Waals surface area contributed by atoms with Gasteiger partial charge >= 0.3 is 5.97 Å². The third-order valence-electron chi connectivity index (χ3n) is 3.84. The maximum atomic E-state index is 11.9. The first kappa shape index (κ1) is 18.5. The van der Waals surface area contributed by atoms with E-state index in [-0.39, 0.29) is 18.0 Å². The Bertz CT molecular complexity index is 771. The van der Waals surface area contributed by atoms with E-state index in [1.807, 2.05) is 6.92 Å². The predicted octanol–water partition coefficient (Wildman–Crippen LogP) is 4.03. The van der Waals surface area contributed by atoms with Gasteiger partial charge in [0, 0.05) is 5.39 Å². The van der Waals surface area contributed by atoms with Gasteiger partial charge < -0.3 is 4.74 Å². The maximum Gasteiger partial charge on any atom is 0.313 e. The Balaban J connectivity index is 2.20. The van der Waals surface area contributed by atoms with Gasteiger partial charge in [-0.3, -0.25) is 9.59 Å². The number of aryl methyl sites for hydroxylation is 3. The molecule has 0 amide bonds. The van der Waals surface area contributed by atoms with Gasteiger partial charge in [-0.05, 0) is 49.9 Å². The number of fused-ring (bicyclic) bond motifs is 1. The lowest BCUT2D eigenvalue weighted by atomic mass is 10.0. The van der Waals surface area contributed by atoms with Crippen LogP contribution in [0.3, 0.4) is 0 Å². The summed E-state index contributed by atoms with van der Waals surface area (Å²) in [6.07, 6.45) is 0.679. The summed E-state index contributed by atoms with van der Waals surface area (Å²) >= 11 is 1.40. The molecule has 0 atom stereocenters. The summed E-state index contributed by atoms with van der Waals surface area (Å²) in [6.45, 7) is 8.23. The van der Waals surface area contributed by atoms with Gasteiger partial charge in [-0.2, -0.15) is 0 Å². The third kappa shape index (κ3) is 4.35. The van der Waals surface area contributed by atoms with Crippen molar-refractivity contribution in [3.63, 3.8) is 0 Å². The number of hydrogen-bond donors (Lipinski definition) is 0. The number of Topliss-reactive ketones (excluding diaryl/α,β-unsaturated/α-hetero) is 1. The standard InChI is InChI=1S/C19H23NO3S/c1-5-14-9-16-12(3)7-8-13(4)18(16)20-19(14)24-11-15(21)10-17(22)23-6-2/h7-9H,5-6,10-11H2,1-4H3. The summed E-state index contributed by atoms with van der Waals surface area (Å²) in [6, 6.07) is 6.34. The van der Waals surface area contributed by atoms with Crippen molar-refractivity contribution in [1.82, 2.24) is 4.98 Å². The molecule has 128 valence electrons. The van der Waals surface area contributed by atoms with Crippen molar-refractivity contribution in [2.75, 3.05) is 12.4 Å².